The second-order valence-corrected chi connectivity index (χ2v) is 5.44. The fourth-order valence-electron chi connectivity index (χ4n) is 2.63. The molecule has 1 aromatic carbocycles. The summed E-state index contributed by atoms with van der Waals surface area (Å²) in [5.74, 6) is 0. The molecule has 0 atom stereocenters. The SMILES string of the molecule is NC1(Cc2ccc3[nH]c4ncccc4c3c2)CC1. The lowest BCUT2D eigenvalue weighted by atomic mass is 10.0. The van der Waals surface area contributed by atoms with Gasteiger partial charge in [-0.05, 0) is 49.1 Å². The molecular weight excluding hydrogens is 222 g/mol. The van der Waals surface area contributed by atoms with Crippen LogP contribution in [0.5, 0.6) is 0 Å². The summed E-state index contributed by atoms with van der Waals surface area (Å²) >= 11 is 0. The van der Waals surface area contributed by atoms with Gasteiger partial charge in [0.2, 0.25) is 0 Å². The van der Waals surface area contributed by atoms with Gasteiger partial charge in [0.1, 0.15) is 5.65 Å². The summed E-state index contributed by atoms with van der Waals surface area (Å²) < 4.78 is 0. The Morgan fingerprint density at radius 1 is 1.22 bits per heavy atom. The Bertz CT molecular complexity index is 738. The molecular formula is C15H15N3. The zero-order valence-corrected chi connectivity index (χ0v) is 10.1. The summed E-state index contributed by atoms with van der Waals surface area (Å²) in [5, 5.41) is 2.44. The van der Waals surface area contributed by atoms with E-state index in [9.17, 15) is 0 Å². The Balaban J connectivity index is 1.89. The van der Waals surface area contributed by atoms with Crippen LogP contribution in [0.25, 0.3) is 21.9 Å². The third kappa shape index (κ3) is 1.51. The quantitative estimate of drug-likeness (QED) is 0.720. The van der Waals surface area contributed by atoms with Gasteiger partial charge < -0.3 is 10.7 Å². The van der Waals surface area contributed by atoms with Gasteiger partial charge in [0.15, 0.2) is 0 Å². The normalized spacial score (nSPS) is 17.4. The molecule has 3 N–H and O–H groups in total. The number of nitrogens with zero attached hydrogens (tertiary/aromatic N) is 1. The summed E-state index contributed by atoms with van der Waals surface area (Å²) in [6.07, 6.45) is 5.11. The molecule has 1 aliphatic carbocycles. The zero-order valence-electron chi connectivity index (χ0n) is 10.1. The van der Waals surface area contributed by atoms with Crippen molar-refractivity contribution in [2.45, 2.75) is 24.8 Å². The molecule has 1 fully saturated rings. The number of nitrogens with two attached hydrogens (primary N) is 1. The van der Waals surface area contributed by atoms with Crippen LogP contribution in [0.2, 0.25) is 0 Å². The topological polar surface area (TPSA) is 54.7 Å². The molecule has 0 bridgehead atoms. The van der Waals surface area contributed by atoms with Crippen molar-refractivity contribution < 1.29 is 0 Å². The van der Waals surface area contributed by atoms with Crippen LogP contribution in [-0.4, -0.2) is 15.5 Å². The number of H-pyrrole nitrogens is 1. The summed E-state index contributed by atoms with van der Waals surface area (Å²) in [6, 6.07) is 10.7. The first kappa shape index (κ1) is 10.1. The molecule has 2 aromatic heterocycles. The van der Waals surface area contributed by atoms with Crippen LogP contribution in [0, 0.1) is 0 Å². The van der Waals surface area contributed by atoms with E-state index >= 15 is 0 Å². The van der Waals surface area contributed by atoms with Crippen LogP contribution in [0.1, 0.15) is 18.4 Å². The fourth-order valence-corrected chi connectivity index (χ4v) is 2.63. The van der Waals surface area contributed by atoms with Gasteiger partial charge in [-0.3, -0.25) is 0 Å². The van der Waals surface area contributed by atoms with Crippen molar-refractivity contribution in [3.8, 4) is 0 Å². The minimum absolute atomic E-state index is 0.0675. The Morgan fingerprint density at radius 3 is 2.94 bits per heavy atom. The maximum absolute atomic E-state index is 6.19. The summed E-state index contributed by atoms with van der Waals surface area (Å²) in [5.41, 5.74) is 9.69. The van der Waals surface area contributed by atoms with Gasteiger partial charge in [-0.2, -0.15) is 0 Å². The van der Waals surface area contributed by atoms with E-state index in [0.29, 0.717) is 0 Å². The Morgan fingerprint density at radius 2 is 2.11 bits per heavy atom. The number of pyridine rings is 1. The van der Waals surface area contributed by atoms with Crippen LogP contribution in [0.4, 0.5) is 0 Å². The van der Waals surface area contributed by atoms with Gasteiger partial charge in [-0.1, -0.05) is 6.07 Å². The average molecular weight is 237 g/mol. The van der Waals surface area contributed by atoms with Gasteiger partial charge in [0, 0.05) is 28.0 Å². The Hall–Kier alpha value is -1.87. The van der Waals surface area contributed by atoms with E-state index in [2.05, 4.69) is 34.2 Å². The number of aromatic amines is 1. The lowest BCUT2D eigenvalue weighted by Gasteiger charge is -2.08. The lowest BCUT2D eigenvalue weighted by Crippen LogP contribution is -2.24. The second-order valence-electron chi connectivity index (χ2n) is 5.44. The van der Waals surface area contributed by atoms with Gasteiger partial charge in [0.05, 0.1) is 0 Å². The minimum atomic E-state index is 0.0675. The van der Waals surface area contributed by atoms with Crippen molar-refractivity contribution in [2.75, 3.05) is 0 Å². The molecule has 3 nitrogen and oxygen atoms in total. The molecule has 0 spiro atoms. The number of aromatic nitrogens is 2. The molecule has 18 heavy (non-hydrogen) atoms. The summed E-state index contributed by atoms with van der Waals surface area (Å²) in [4.78, 5) is 7.70. The minimum Gasteiger partial charge on any atom is -0.339 e. The van der Waals surface area contributed by atoms with Crippen molar-refractivity contribution in [2.24, 2.45) is 5.73 Å². The first-order valence-corrected chi connectivity index (χ1v) is 6.38. The van der Waals surface area contributed by atoms with Gasteiger partial charge in [0.25, 0.3) is 0 Å². The van der Waals surface area contributed by atoms with Gasteiger partial charge in [-0.15, -0.1) is 0 Å². The highest BCUT2D eigenvalue weighted by Crippen LogP contribution is 2.36. The molecule has 0 saturated heterocycles. The van der Waals surface area contributed by atoms with E-state index in [1.54, 1.807) is 0 Å². The highest BCUT2D eigenvalue weighted by Gasteiger charge is 2.37. The van der Waals surface area contributed by atoms with E-state index in [-0.39, 0.29) is 5.54 Å². The van der Waals surface area contributed by atoms with Crippen molar-refractivity contribution in [3.63, 3.8) is 0 Å². The van der Waals surface area contributed by atoms with E-state index in [1.807, 2.05) is 12.3 Å². The number of benzene rings is 1. The first-order chi connectivity index (χ1) is 8.73. The monoisotopic (exact) mass is 237 g/mol. The Labute approximate surface area is 105 Å². The molecule has 0 amide bonds. The number of fused-ring (bicyclic) bond motifs is 3. The van der Waals surface area contributed by atoms with Crippen LogP contribution in [0.15, 0.2) is 36.5 Å². The third-order valence-electron chi connectivity index (χ3n) is 3.88. The molecule has 90 valence electrons. The molecule has 4 rings (SSSR count). The fraction of sp³-hybridized carbons (Fsp3) is 0.267. The van der Waals surface area contributed by atoms with Gasteiger partial charge >= 0.3 is 0 Å². The Kier molecular flexibility index (Phi) is 1.87. The number of hydrogen-bond acceptors (Lipinski definition) is 2. The molecule has 0 radical (unpaired) electrons. The largest absolute Gasteiger partial charge is 0.339 e. The van der Waals surface area contributed by atoms with Crippen molar-refractivity contribution >= 4 is 21.9 Å². The molecule has 3 aromatic rings. The number of nitrogens with one attached hydrogen (secondary N) is 1. The highest BCUT2D eigenvalue weighted by molar-refractivity contribution is 6.05. The lowest BCUT2D eigenvalue weighted by molar-refractivity contribution is 0.673. The van der Waals surface area contributed by atoms with E-state index in [0.717, 1.165) is 30.4 Å². The molecule has 0 aliphatic heterocycles. The third-order valence-corrected chi connectivity index (χ3v) is 3.88. The summed E-state index contributed by atoms with van der Waals surface area (Å²) in [7, 11) is 0. The van der Waals surface area contributed by atoms with Crippen LogP contribution in [0.3, 0.4) is 0 Å². The van der Waals surface area contributed by atoms with E-state index < -0.39 is 0 Å². The van der Waals surface area contributed by atoms with Crippen LogP contribution >= 0.6 is 0 Å². The van der Waals surface area contributed by atoms with Crippen molar-refractivity contribution in [1.82, 2.24) is 9.97 Å². The van der Waals surface area contributed by atoms with Crippen LogP contribution < -0.4 is 5.73 Å². The van der Waals surface area contributed by atoms with Crippen molar-refractivity contribution in [1.29, 1.82) is 0 Å². The number of rotatable bonds is 2. The molecule has 0 unspecified atom stereocenters. The molecule has 3 heteroatoms. The first-order valence-electron chi connectivity index (χ1n) is 6.38. The maximum atomic E-state index is 6.19. The van der Waals surface area contributed by atoms with E-state index in [1.165, 1.54) is 16.3 Å². The van der Waals surface area contributed by atoms with E-state index in [4.69, 9.17) is 5.73 Å². The highest BCUT2D eigenvalue weighted by atomic mass is 14.8. The molecule has 1 saturated carbocycles. The van der Waals surface area contributed by atoms with Gasteiger partial charge in [-0.25, -0.2) is 4.98 Å². The predicted molar refractivity (Wildman–Crippen MR) is 73.5 cm³/mol. The van der Waals surface area contributed by atoms with Crippen LogP contribution in [-0.2, 0) is 6.42 Å². The predicted octanol–water partition coefficient (Wildman–Crippen LogP) is 2.75. The number of hydrogen-bond donors (Lipinski definition) is 2. The molecule has 1 aliphatic rings. The second kappa shape index (κ2) is 3.33. The standard InChI is InChI=1S/C15H15N3/c16-15(5-6-15)9-10-3-4-13-12(8-10)11-2-1-7-17-14(11)18-13/h1-4,7-8H,5-6,9,16H2,(H,17,18). The van der Waals surface area contributed by atoms with Crippen molar-refractivity contribution in [3.05, 3.63) is 42.1 Å². The average Bonchev–Trinajstić information content (AvgIpc) is 2.98. The maximum Gasteiger partial charge on any atom is 0.138 e. The zero-order chi connectivity index (χ0) is 12.2. The summed E-state index contributed by atoms with van der Waals surface area (Å²) in [6.45, 7) is 0. The molecule has 2 heterocycles. The smallest absolute Gasteiger partial charge is 0.138 e.